The second kappa shape index (κ2) is 4.69. The van der Waals surface area contributed by atoms with Crippen LogP contribution in [0.3, 0.4) is 0 Å². The van der Waals surface area contributed by atoms with Crippen molar-refractivity contribution in [3.8, 4) is 0 Å². The summed E-state index contributed by atoms with van der Waals surface area (Å²) in [5.41, 5.74) is 2.88. The monoisotopic (exact) mass is 232 g/mol. The van der Waals surface area contributed by atoms with E-state index < -0.39 is 6.10 Å². The Kier molecular flexibility index (Phi) is 3.28. The lowest BCUT2D eigenvalue weighted by molar-refractivity contribution is 0.220. The summed E-state index contributed by atoms with van der Waals surface area (Å²) in [6.45, 7) is 2.02. The van der Waals surface area contributed by atoms with Crippen LogP contribution in [0.4, 0.5) is 0 Å². The molecule has 2 rings (SSSR count). The van der Waals surface area contributed by atoms with Crippen molar-refractivity contribution in [2.24, 2.45) is 0 Å². The maximum absolute atomic E-state index is 10.1. The number of aliphatic hydroxyl groups excluding tert-OH is 1. The summed E-state index contributed by atoms with van der Waals surface area (Å²) < 4.78 is 0. The number of benzene rings is 2. The SMILES string of the molecule is Cc1ccc(C(O)c2cccc(Cl)c2)cc1. The van der Waals surface area contributed by atoms with Gasteiger partial charge in [-0.05, 0) is 30.2 Å². The van der Waals surface area contributed by atoms with Crippen LogP contribution < -0.4 is 0 Å². The zero-order valence-electron chi connectivity index (χ0n) is 9.02. The van der Waals surface area contributed by atoms with E-state index in [1.54, 1.807) is 12.1 Å². The molecule has 0 fully saturated rings. The van der Waals surface area contributed by atoms with Gasteiger partial charge >= 0.3 is 0 Å². The highest BCUT2D eigenvalue weighted by molar-refractivity contribution is 6.30. The molecule has 0 aliphatic heterocycles. The van der Waals surface area contributed by atoms with Gasteiger partial charge < -0.3 is 5.11 Å². The minimum Gasteiger partial charge on any atom is -0.384 e. The molecule has 2 aromatic carbocycles. The molecule has 0 bridgehead atoms. The van der Waals surface area contributed by atoms with Gasteiger partial charge in [0.15, 0.2) is 0 Å². The Balaban J connectivity index is 2.31. The van der Waals surface area contributed by atoms with E-state index in [2.05, 4.69) is 0 Å². The Morgan fingerprint density at radius 1 is 1.00 bits per heavy atom. The van der Waals surface area contributed by atoms with Crippen LogP contribution in [0.5, 0.6) is 0 Å². The number of aryl methyl sites for hydroxylation is 1. The molecular weight excluding hydrogens is 220 g/mol. The first-order valence-electron chi connectivity index (χ1n) is 5.17. The summed E-state index contributed by atoms with van der Waals surface area (Å²) >= 11 is 5.89. The van der Waals surface area contributed by atoms with E-state index in [4.69, 9.17) is 11.6 Å². The van der Waals surface area contributed by atoms with Gasteiger partial charge in [-0.3, -0.25) is 0 Å². The number of hydrogen-bond donors (Lipinski definition) is 1. The summed E-state index contributed by atoms with van der Waals surface area (Å²) in [5.74, 6) is 0. The van der Waals surface area contributed by atoms with E-state index in [1.165, 1.54) is 5.56 Å². The van der Waals surface area contributed by atoms with Gasteiger partial charge in [0.2, 0.25) is 0 Å². The molecule has 0 saturated carbocycles. The van der Waals surface area contributed by atoms with Crippen molar-refractivity contribution in [2.75, 3.05) is 0 Å². The van der Waals surface area contributed by atoms with E-state index in [0.717, 1.165) is 11.1 Å². The minimum absolute atomic E-state index is 0.612. The molecule has 2 aromatic rings. The fourth-order valence-corrected chi connectivity index (χ4v) is 1.82. The summed E-state index contributed by atoms with van der Waals surface area (Å²) in [4.78, 5) is 0. The average Bonchev–Trinajstić information content (AvgIpc) is 2.29. The summed E-state index contributed by atoms with van der Waals surface area (Å²) in [6.07, 6.45) is -0.612. The third-order valence-corrected chi connectivity index (χ3v) is 2.79. The molecule has 1 nitrogen and oxygen atoms in total. The summed E-state index contributed by atoms with van der Waals surface area (Å²) in [7, 11) is 0. The van der Waals surface area contributed by atoms with Crippen LogP contribution in [-0.4, -0.2) is 5.11 Å². The van der Waals surface area contributed by atoms with E-state index in [-0.39, 0.29) is 0 Å². The van der Waals surface area contributed by atoms with Crippen LogP contribution in [-0.2, 0) is 0 Å². The molecule has 0 radical (unpaired) electrons. The Morgan fingerprint density at radius 3 is 2.31 bits per heavy atom. The van der Waals surface area contributed by atoms with Gasteiger partial charge in [0.05, 0.1) is 0 Å². The number of rotatable bonds is 2. The summed E-state index contributed by atoms with van der Waals surface area (Å²) in [6, 6.07) is 15.1. The van der Waals surface area contributed by atoms with E-state index in [1.807, 2.05) is 43.3 Å². The molecule has 16 heavy (non-hydrogen) atoms. The van der Waals surface area contributed by atoms with E-state index in [9.17, 15) is 5.11 Å². The largest absolute Gasteiger partial charge is 0.384 e. The van der Waals surface area contributed by atoms with Crippen molar-refractivity contribution in [1.82, 2.24) is 0 Å². The molecule has 0 amide bonds. The van der Waals surface area contributed by atoms with E-state index in [0.29, 0.717) is 5.02 Å². The van der Waals surface area contributed by atoms with Crippen LogP contribution >= 0.6 is 11.6 Å². The van der Waals surface area contributed by atoms with Crippen molar-refractivity contribution in [2.45, 2.75) is 13.0 Å². The van der Waals surface area contributed by atoms with Crippen molar-refractivity contribution < 1.29 is 5.11 Å². The van der Waals surface area contributed by atoms with Gasteiger partial charge in [-0.15, -0.1) is 0 Å². The molecule has 0 aliphatic rings. The molecule has 0 aliphatic carbocycles. The van der Waals surface area contributed by atoms with Crippen LogP contribution in [0.1, 0.15) is 22.8 Å². The molecule has 82 valence electrons. The molecule has 0 spiro atoms. The van der Waals surface area contributed by atoms with Crippen molar-refractivity contribution >= 4 is 11.6 Å². The zero-order chi connectivity index (χ0) is 11.5. The van der Waals surface area contributed by atoms with Gasteiger partial charge in [0.1, 0.15) is 6.10 Å². The maximum Gasteiger partial charge on any atom is 0.104 e. The lowest BCUT2D eigenvalue weighted by Gasteiger charge is -2.11. The highest BCUT2D eigenvalue weighted by atomic mass is 35.5. The predicted octanol–water partition coefficient (Wildman–Crippen LogP) is 3.73. The first-order valence-corrected chi connectivity index (χ1v) is 5.55. The molecule has 2 heteroatoms. The highest BCUT2D eigenvalue weighted by Gasteiger charge is 2.09. The average molecular weight is 233 g/mol. The van der Waals surface area contributed by atoms with Gasteiger partial charge in [-0.1, -0.05) is 53.6 Å². The lowest BCUT2D eigenvalue weighted by atomic mass is 10.0. The quantitative estimate of drug-likeness (QED) is 0.837. The van der Waals surface area contributed by atoms with Crippen LogP contribution in [0.15, 0.2) is 48.5 Å². The Hall–Kier alpha value is -1.31. The van der Waals surface area contributed by atoms with E-state index >= 15 is 0 Å². The van der Waals surface area contributed by atoms with Gasteiger partial charge in [0.25, 0.3) is 0 Å². The summed E-state index contributed by atoms with van der Waals surface area (Å²) in [5, 5.41) is 10.8. The lowest BCUT2D eigenvalue weighted by Crippen LogP contribution is -1.99. The first kappa shape index (κ1) is 11.2. The van der Waals surface area contributed by atoms with Gasteiger partial charge in [-0.2, -0.15) is 0 Å². The second-order valence-electron chi connectivity index (χ2n) is 3.87. The zero-order valence-corrected chi connectivity index (χ0v) is 9.78. The molecule has 1 N–H and O–H groups in total. The third-order valence-electron chi connectivity index (χ3n) is 2.56. The maximum atomic E-state index is 10.1. The Bertz CT molecular complexity index is 476. The van der Waals surface area contributed by atoms with Crippen molar-refractivity contribution in [3.63, 3.8) is 0 Å². The third kappa shape index (κ3) is 2.43. The van der Waals surface area contributed by atoms with Crippen LogP contribution in [0.25, 0.3) is 0 Å². The molecule has 0 saturated heterocycles. The van der Waals surface area contributed by atoms with Crippen molar-refractivity contribution in [3.05, 3.63) is 70.2 Å². The van der Waals surface area contributed by atoms with Crippen LogP contribution in [0.2, 0.25) is 5.02 Å². The molecule has 0 heterocycles. The predicted molar refractivity (Wildman–Crippen MR) is 66.7 cm³/mol. The Labute approximate surface area is 100 Å². The fourth-order valence-electron chi connectivity index (χ4n) is 1.62. The van der Waals surface area contributed by atoms with Crippen molar-refractivity contribution in [1.29, 1.82) is 0 Å². The molecule has 1 unspecified atom stereocenters. The fraction of sp³-hybridized carbons (Fsp3) is 0.143. The first-order chi connectivity index (χ1) is 7.66. The Morgan fingerprint density at radius 2 is 1.69 bits per heavy atom. The molecule has 1 atom stereocenters. The second-order valence-corrected chi connectivity index (χ2v) is 4.30. The smallest absolute Gasteiger partial charge is 0.104 e. The highest BCUT2D eigenvalue weighted by Crippen LogP contribution is 2.24. The number of halogens is 1. The number of hydrogen-bond acceptors (Lipinski definition) is 1. The molecular formula is C14H13ClO. The standard InChI is InChI=1S/C14H13ClO/c1-10-5-7-11(8-6-10)14(16)12-3-2-4-13(15)9-12/h2-9,14,16H,1H3. The van der Waals surface area contributed by atoms with Gasteiger partial charge in [0, 0.05) is 5.02 Å². The van der Waals surface area contributed by atoms with Gasteiger partial charge in [-0.25, -0.2) is 0 Å². The minimum atomic E-state index is -0.612. The molecule has 0 aromatic heterocycles. The topological polar surface area (TPSA) is 20.2 Å². The van der Waals surface area contributed by atoms with Crippen LogP contribution in [0, 0.1) is 6.92 Å². The normalized spacial score (nSPS) is 12.4. The number of aliphatic hydroxyl groups is 1.